The van der Waals surface area contributed by atoms with Crippen LogP contribution >= 0.6 is 0 Å². The fourth-order valence-corrected chi connectivity index (χ4v) is 6.46. The van der Waals surface area contributed by atoms with Gasteiger partial charge in [-0.1, -0.05) is 19.1 Å². The number of hydrogen-bond acceptors (Lipinski definition) is 15. The number of amides is 5. The van der Waals surface area contributed by atoms with Gasteiger partial charge in [-0.05, 0) is 47.7 Å². The molecular weight excluding hydrogens is 833 g/mol. The first-order valence-corrected chi connectivity index (χ1v) is 22.0. The number of pyridine rings is 1. The number of benzene rings is 1. The van der Waals surface area contributed by atoms with Crippen LogP contribution in [0.3, 0.4) is 0 Å². The number of anilines is 1. The Hall–Kier alpha value is -4.64. The van der Waals surface area contributed by atoms with E-state index in [0.717, 1.165) is 22.4 Å². The van der Waals surface area contributed by atoms with Crippen molar-refractivity contribution in [3.63, 3.8) is 0 Å². The largest absolute Gasteiger partial charge is 0.382 e. The molecule has 1 aromatic heterocycles. The number of rotatable bonds is 34. The average molecular weight is 901 g/mol. The highest BCUT2D eigenvalue weighted by Gasteiger charge is 2.28. The SMILES string of the molecule is COCCOCCOCCOCCOCCOCCOCCOCCNC(=O)[C@@H](N)CCC(=O)NCCCN1N=C(c2ccc(NC(=O)N3Cc4ccncc4C3)cc2)C(C)CC1=O. The first kappa shape index (κ1) is 52.0. The Kier molecular flexibility index (Phi) is 25.4. The summed E-state index contributed by atoms with van der Waals surface area (Å²) in [5, 5.41) is 14.6. The van der Waals surface area contributed by atoms with Crippen LogP contribution in [0.15, 0.2) is 47.8 Å². The van der Waals surface area contributed by atoms with Gasteiger partial charge in [-0.15, -0.1) is 0 Å². The second-order valence-corrected chi connectivity index (χ2v) is 15.0. The molecule has 1 aromatic carbocycles. The van der Waals surface area contributed by atoms with E-state index in [9.17, 15) is 19.2 Å². The molecule has 2 aromatic rings. The maximum Gasteiger partial charge on any atom is 0.322 e. The molecule has 20 nitrogen and oxygen atoms in total. The van der Waals surface area contributed by atoms with E-state index in [1.807, 2.05) is 37.3 Å². The van der Waals surface area contributed by atoms with Crippen molar-refractivity contribution in [2.45, 2.75) is 51.7 Å². The number of nitrogens with two attached hydrogens (primary N) is 1. The summed E-state index contributed by atoms with van der Waals surface area (Å²) in [4.78, 5) is 56.4. The number of methoxy groups -OCH3 is 1. The van der Waals surface area contributed by atoms with Crippen LogP contribution < -0.4 is 21.7 Å². The monoisotopic (exact) mass is 900 g/mol. The van der Waals surface area contributed by atoms with Gasteiger partial charge in [0.1, 0.15) is 0 Å². The number of hydrogen-bond donors (Lipinski definition) is 4. The van der Waals surface area contributed by atoms with Gasteiger partial charge in [-0.2, -0.15) is 5.10 Å². The standard InChI is InChI=1S/C44H68N8O12/c1-34-30-41(54)52(50-42(34)35-4-6-38(7-5-35)49-44(56)51-32-36-10-12-46-31-37(36)33-51)14-3-11-47-40(53)9-8-39(45)43(55)48-13-15-58-18-19-60-22-23-62-26-27-64-29-28-63-25-24-61-21-20-59-17-16-57-2/h4-7,10,12,31,34,39H,3,8-9,11,13-30,32-33,45H2,1-2H3,(H,47,53)(H,48,55)(H,49,56)/t34?,39-/m0/s1. The molecule has 2 aliphatic heterocycles. The highest BCUT2D eigenvalue weighted by atomic mass is 16.6. The van der Waals surface area contributed by atoms with Crippen molar-refractivity contribution >= 4 is 35.2 Å². The number of carbonyl (C=O) groups is 4. The molecule has 0 saturated heterocycles. The lowest BCUT2D eigenvalue weighted by molar-refractivity contribution is -0.132. The van der Waals surface area contributed by atoms with Gasteiger partial charge in [0.15, 0.2) is 0 Å². The lowest BCUT2D eigenvalue weighted by Crippen LogP contribution is -2.42. The molecule has 0 bridgehead atoms. The molecule has 3 heterocycles. The zero-order valence-electron chi connectivity index (χ0n) is 37.4. The van der Waals surface area contributed by atoms with Gasteiger partial charge >= 0.3 is 6.03 Å². The quantitative estimate of drug-likeness (QED) is 0.0733. The van der Waals surface area contributed by atoms with E-state index in [0.29, 0.717) is 144 Å². The van der Waals surface area contributed by atoms with Crippen molar-refractivity contribution in [2.24, 2.45) is 16.8 Å². The molecular formula is C44H68N8O12. The molecule has 0 aliphatic carbocycles. The summed E-state index contributed by atoms with van der Waals surface area (Å²) in [6.45, 7) is 10.9. The van der Waals surface area contributed by atoms with Crippen LogP contribution in [0.2, 0.25) is 0 Å². The van der Waals surface area contributed by atoms with Crippen LogP contribution in [0.25, 0.3) is 0 Å². The third-order valence-corrected chi connectivity index (χ3v) is 10.0. The predicted molar refractivity (Wildman–Crippen MR) is 236 cm³/mol. The molecule has 5 N–H and O–H groups in total. The first-order valence-electron chi connectivity index (χ1n) is 22.0. The van der Waals surface area contributed by atoms with Crippen molar-refractivity contribution in [1.82, 2.24) is 25.5 Å². The fourth-order valence-electron chi connectivity index (χ4n) is 6.46. The molecule has 0 spiro atoms. The number of ether oxygens (including phenoxy) is 8. The lowest BCUT2D eigenvalue weighted by Gasteiger charge is -2.28. The second kappa shape index (κ2) is 31.3. The Balaban J connectivity index is 0.940. The molecule has 356 valence electrons. The summed E-state index contributed by atoms with van der Waals surface area (Å²) in [7, 11) is 1.63. The third-order valence-electron chi connectivity index (χ3n) is 10.0. The van der Waals surface area contributed by atoms with Crippen LogP contribution in [0.4, 0.5) is 10.5 Å². The predicted octanol–water partition coefficient (Wildman–Crippen LogP) is 1.69. The van der Waals surface area contributed by atoms with Crippen molar-refractivity contribution in [3.8, 4) is 0 Å². The van der Waals surface area contributed by atoms with Crippen LogP contribution in [-0.2, 0) is 65.4 Å². The molecule has 1 unspecified atom stereocenters. The van der Waals surface area contributed by atoms with Gasteiger partial charge < -0.3 is 64.5 Å². The summed E-state index contributed by atoms with van der Waals surface area (Å²) in [5.41, 5.74) is 10.4. The summed E-state index contributed by atoms with van der Waals surface area (Å²) in [6, 6.07) is 8.34. The van der Waals surface area contributed by atoms with Crippen molar-refractivity contribution in [2.75, 3.05) is 131 Å². The number of fused-ring (bicyclic) bond motifs is 1. The highest BCUT2D eigenvalue weighted by Crippen LogP contribution is 2.24. The summed E-state index contributed by atoms with van der Waals surface area (Å²) < 4.78 is 43.0. The van der Waals surface area contributed by atoms with Crippen molar-refractivity contribution < 1.29 is 57.1 Å². The van der Waals surface area contributed by atoms with Gasteiger partial charge in [-0.3, -0.25) is 19.4 Å². The molecule has 2 atom stereocenters. The number of urea groups is 1. The number of aromatic nitrogens is 1. The zero-order valence-corrected chi connectivity index (χ0v) is 37.4. The zero-order chi connectivity index (χ0) is 45.6. The Bertz CT molecular complexity index is 1680. The smallest absolute Gasteiger partial charge is 0.322 e. The molecule has 5 amide bonds. The van der Waals surface area contributed by atoms with E-state index in [1.165, 1.54) is 5.01 Å². The van der Waals surface area contributed by atoms with Gasteiger partial charge in [0.25, 0.3) is 0 Å². The number of nitrogens with one attached hydrogen (secondary N) is 3. The van der Waals surface area contributed by atoms with Gasteiger partial charge in [0.2, 0.25) is 17.7 Å². The number of carbonyl (C=O) groups excluding carboxylic acids is 4. The normalized spacial score (nSPS) is 15.2. The van der Waals surface area contributed by atoms with Gasteiger partial charge in [0.05, 0.1) is 111 Å². The minimum Gasteiger partial charge on any atom is -0.382 e. The summed E-state index contributed by atoms with van der Waals surface area (Å²) >= 11 is 0. The van der Waals surface area contributed by atoms with E-state index in [-0.39, 0.29) is 49.1 Å². The van der Waals surface area contributed by atoms with Crippen LogP contribution in [-0.4, -0.2) is 176 Å². The Morgan fingerprint density at radius 2 is 1.31 bits per heavy atom. The van der Waals surface area contributed by atoms with E-state index < -0.39 is 6.04 Å². The molecule has 64 heavy (non-hydrogen) atoms. The number of hydrazone groups is 1. The highest BCUT2D eigenvalue weighted by molar-refractivity contribution is 6.06. The minimum absolute atomic E-state index is 0.0814. The maximum absolute atomic E-state index is 12.9. The number of nitrogens with zero attached hydrogens (tertiary/aromatic N) is 4. The van der Waals surface area contributed by atoms with Gasteiger partial charge in [-0.25, -0.2) is 9.80 Å². The summed E-state index contributed by atoms with van der Waals surface area (Å²) in [6.07, 6.45) is 4.59. The van der Waals surface area contributed by atoms with E-state index in [2.05, 4.69) is 26.0 Å². The Morgan fingerprint density at radius 3 is 1.89 bits per heavy atom. The second-order valence-electron chi connectivity index (χ2n) is 15.0. The van der Waals surface area contributed by atoms with Crippen LogP contribution in [0.5, 0.6) is 0 Å². The topological polar surface area (TPSA) is 236 Å². The van der Waals surface area contributed by atoms with E-state index in [4.69, 9.17) is 43.6 Å². The summed E-state index contributed by atoms with van der Waals surface area (Å²) in [5.74, 6) is -0.763. The molecule has 0 saturated carbocycles. The Morgan fingerprint density at radius 1 is 0.750 bits per heavy atom. The van der Waals surface area contributed by atoms with Crippen LogP contribution in [0, 0.1) is 5.92 Å². The average Bonchev–Trinajstić information content (AvgIpc) is 3.74. The lowest BCUT2D eigenvalue weighted by atomic mass is 9.93. The molecule has 2 aliphatic rings. The van der Waals surface area contributed by atoms with Crippen molar-refractivity contribution in [3.05, 3.63) is 59.4 Å². The van der Waals surface area contributed by atoms with Crippen LogP contribution in [0.1, 0.15) is 49.3 Å². The van der Waals surface area contributed by atoms with Gasteiger partial charge in [0, 0.05) is 76.7 Å². The Labute approximate surface area is 376 Å². The third kappa shape index (κ3) is 20.5. The fraction of sp³-hybridized carbons (Fsp3) is 0.636. The molecule has 20 heteroatoms. The van der Waals surface area contributed by atoms with E-state index in [1.54, 1.807) is 24.4 Å². The van der Waals surface area contributed by atoms with E-state index >= 15 is 0 Å². The minimum atomic E-state index is -0.840. The molecule has 0 fully saturated rings. The molecule has 0 radical (unpaired) electrons. The maximum atomic E-state index is 12.9. The first-order chi connectivity index (χ1) is 31.2. The molecule has 4 rings (SSSR count). The van der Waals surface area contributed by atoms with Crippen molar-refractivity contribution in [1.29, 1.82) is 0 Å².